The van der Waals surface area contributed by atoms with E-state index in [0.29, 0.717) is 35.0 Å². The molecule has 3 aromatic rings. The van der Waals surface area contributed by atoms with Crippen LogP contribution in [-0.2, 0) is 17.6 Å². The minimum atomic E-state index is -0.245. The van der Waals surface area contributed by atoms with Gasteiger partial charge in [-0.3, -0.25) is 4.79 Å². The molecule has 0 saturated heterocycles. The van der Waals surface area contributed by atoms with Crippen LogP contribution in [-0.4, -0.2) is 46.7 Å². The van der Waals surface area contributed by atoms with Crippen LogP contribution in [0.15, 0.2) is 40.9 Å². The lowest BCUT2D eigenvalue weighted by Crippen LogP contribution is -2.28. The highest BCUT2D eigenvalue weighted by atomic mass is 16.5. The fourth-order valence-electron chi connectivity index (χ4n) is 4.18. The maximum Gasteiger partial charge on any atom is 0.258 e. The van der Waals surface area contributed by atoms with Gasteiger partial charge in [-0.2, -0.15) is 10.2 Å². The Morgan fingerprint density at radius 2 is 1.94 bits per heavy atom. The standard InChI is InChI=1S/C26H29N5O3/c1-17(2)33-23-8-7-21(15-22(23)16-27)26-29-25(30-34-26)20-6-5-18-9-12-31(11-3-4-24(28)32)13-10-19(18)14-20/h5-8,14-15,17H,3-4,9-13H2,1-2H3,(H2,28,32). The van der Waals surface area contributed by atoms with Crippen LogP contribution in [0.2, 0.25) is 0 Å². The van der Waals surface area contributed by atoms with Gasteiger partial charge in [0.05, 0.1) is 11.7 Å². The van der Waals surface area contributed by atoms with E-state index in [4.69, 9.17) is 15.0 Å². The van der Waals surface area contributed by atoms with Gasteiger partial charge in [-0.15, -0.1) is 0 Å². The number of primary amides is 1. The Hall–Kier alpha value is -3.70. The van der Waals surface area contributed by atoms with Gasteiger partial charge in [-0.05, 0) is 75.0 Å². The number of nitriles is 1. The second-order valence-corrected chi connectivity index (χ2v) is 8.81. The lowest BCUT2D eigenvalue weighted by atomic mass is 10.00. The van der Waals surface area contributed by atoms with E-state index in [2.05, 4.69) is 33.2 Å². The molecule has 4 rings (SSSR count). The van der Waals surface area contributed by atoms with Gasteiger partial charge < -0.3 is 19.9 Å². The maximum absolute atomic E-state index is 11.0. The zero-order chi connectivity index (χ0) is 24.1. The number of benzene rings is 2. The number of carbonyl (C=O) groups excluding carboxylic acids is 1. The van der Waals surface area contributed by atoms with Gasteiger partial charge in [0.2, 0.25) is 11.7 Å². The highest BCUT2D eigenvalue weighted by Crippen LogP contribution is 2.29. The molecule has 8 nitrogen and oxygen atoms in total. The number of hydrogen-bond acceptors (Lipinski definition) is 7. The number of nitrogens with zero attached hydrogens (tertiary/aromatic N) is 4. The van der Waals surface area contributed by atoms with E-state index in [0.717, 1.165) is 44.5 Å². The molecule has 0 spiro atoms. The maximum atomic E-state index is 11.0. The average Bonchev–Trinajstić information content (AvgIpc) is 3.22. The Kier molecular flexibility index (Phi) is 7.24. The normalized spacial score (nSPS) is 13.8. The molecule has 1 aliphatic heterocycles. The van der Waals surface area contributed by atoms with Gasteiger partial charge in [0, 0.05) is 30.6 Å². The SMILES string of the molecule is CC(C)Oc1ccc(-c2nc(-c3ccc4c(c3)CCN(CCCC(N)=O)CC4)no2)cc1C#N. The highest BCUT2D eigenvalue weighted by molar-refractivity contribution is 5.73. The summed E-state index contributed by atoms with van der Waals surface area (Å²) < 4.78 is 11.2. The largest absolute Gasteiger partial charge is 0.490 e. The number of ether oxygens (including phenoxy) is 1. The molecule has 2 aromatic carbocycles. The molecule has 1 aromatic heterocycles. The third kappa shape index (κ3) is 5.61. The van der Waals surface area contributed by atoms with Crippen molar-refractivity contribution in [2.24, 2.45) is 5.73 Å². The number of aromatic nitrogens is 2. The number of fused-ring (bicyclic) bond motifs is 1. The topological polar surface area (TPSA) is 118 Å². The third-order valence-corrected chi connectivity index (χ3v) is 5.89. The van der Waals surface area contributed by atoms with Gasteiger partial charge in [0.1, 0.15) is 11.8 Å². The average molecular weight is 460 g/mol. The summed E-state index contributed by atoms with van der Waals surface area (Å²) in [5.74, 6) is 1.17. The Labute approximate surface area is 199 Å². The monoisotopic (exact) mass is 459 g/mol. The first-order chi connectivity index (χ1) is 16.4. The molecule has 8 heteroatoms. The first kappa shape index (κ1) is 23.5. The Balaban J connectivity index is 1.49. The molecular weight excluding hydrogens is 430 g/mol. The van der Waals surface area contributed by atoms with E-state index in [1.54, 1.807) is 12.1 Å². The summed E-state index contributed by atoms with van der Waals surface area (Å²) in [6, 6.07) is 13.8. The van der Waals surface area contributed by atoms with Crippen LogP contribution in [0, 0.1) is 11.3 Å². The van der Waals surface area contributed by atoms with Gasteiger partial charge >= 0.3 is 0 Å². The molecule has 34 heavy (non-hydrogen) atoms. The number of rotatable bonds is 8. The highest BCUT2D eigenvalue weighted by Gasteiger charge is 2.18. The van der Waals surface area contributed by atoms with Crippen LogP contribution in [0.3, 0.4) is 0 Å². The summed E-state index contributed by atoms with van der Waals surface area (Å²) in [5, 5.41) is 13.7. The predicted molar refractivity (Wildman–Crippen MR) is 128 cm³/mol. The van der Waals surface area contributed by atoms with Crippen LogP contribution in [0.1, 0.15) is 43.4 Å². The third-order valence-electron chi connectivity index (χ3n) is 5.89. The van der Waals surface area contributed by atoms with E-state index in [9.17, 15) is 10.1 Å². The number of amides is 1. The van der Waals surface area contributed by atoms with Gasteiger partial charge in [0.25, 0.3) is 5.89 Å². The van der Waals surface area contributed by atoms with Crippen molar-refractivity contribution in [1.29, 1.82) is 5.26 Å². The molecule has 176 valence electrons. The molecule has 0 unspecified atom stereocenters. The van der Waals surface area contributed by atoms with E-state index in [1.165, 1.54) is 11.1 Å². The minimum absolute atomic E-state index is 0.0246. The van der Waals surface area contributed by atoms with Gasteiger partial charge in [-0.25, -0.2) is 0 Å². The first-order valence-corrected chi connectivity index (χ1v) is 11.6. The van der Waals surface area contributed by atoms with Crippen molar-refractivity contribution in [3.8, 4) is 34.7 Å². The summed E-state index contributed by atoms with van der Waals surface area (Å²) >= 11 is 0. The van der Waals surface area contributed by atoms with Crippen molar-refractivity contribution < 1.29 is 14.1 Å². The Morgan fingerprint density at radius 1 is 1.18 bits per heavy atom. The van der Waals surface area contributed by atoms with Crippen molar-refractivity contribution in [3.63, 3.8) is 0 Å². The zero-order valence-corrected chi connectivity index (χ0v) is 19.6. The molecule has 0 aliphatic carbocycles. The quantitative estimate of drug-likeness (QED) is 0.545. The van der Waals surface area contributed by atoms with Crippen molar-refractivity contribution in [2.75, 3.05) is 19.6 Å². The summed E-state index contributed by atoms with van der Waals surface area (Å²) in [4.78, 5) is 18.0. The van der Waals surface area contributed by atoms with E-state index in [-0.39, 0.29) is 12.0 Å². The molecule has 0 fully saturated rings. The van der Waals surface area contributed by atoms with Crippen LogP contribution in [0.5, 0.6) is 5.75 Å². The Morgan fingerprint density at radius 3 is 2.68 bits per heavy atom. The van der Waals surface area contributed by atoms with E-state index in [1.807, 2.05) is 26.0 Å². The molecule has 1 aliphatic rings. The van der Waals surface area contributed by atoms with Gasteiger partial charge in [0.15, 0.2) is 0 Å². The molecule has 0 bridgehead atoms. The Bertz CT molecular complexity index is 1210. The smallest absolute Gasteiger partial charge is 0.258 e. The number of hydrogen-bond donors (Lipinski definition) is 1. The van der Waals surface area contributed by atoms with Gasteiger partial charge in [-0.1, -0.05) is 17.3 Å². The zero-order valence-electron chi connectivity index (χ0n) is 19.6. The van der Waals surface area contributed by atoms with Crippen LogP contribution >= 0.6 is 0 Å². The minimum Gasteiger partial charge on any atom is -0.490 e. The van der Waals surface area contributed by atoms with Crippen molar-refractivity contribution in [1.82, 2.24) is 15.0 Å². The molecule has 0 atom stereocenters. The molecule has 0 radical (unpaired) electrons. The van der Waals surface area contributed by atoms with Crippen molar-refractivity contribution in [3.05, 3.63) is 53.1 Å². The predicted octanol–water partition coefficient (Wildman–Crippen LogP) is 3.73. The van der Waals surface area contributed by atoms with Crippen molar-refractivity contribution in [2.45, 2.75) is 45.6 Å². The second kappa shape index (κ2) is 10.5. The van der Waals surface area contributed by atoms with Crippen LogP contribution < -0.4 is 10.5 Å². The molecule has 2 heterocycles. The van der Waals surface area contributed by atoms with Crippen molar-refractivity contribution >= 4 is 5.91 Å². The van der Waals surface area contributed by atoms with E-state index >= 15 is 0 Å². The number of carbonyl (C=O) groups is 1. The van der Waals surface area contributed by atoms with Crippen LogP contribution in [0.4, 0.5) is 0 Å². The fourth-order valence-corrected chi connectivity index (χ4v) is 4.18. The lowest BCUT2D eigenvalue weighted by molar-refractivity contribution is -0.118. The summed E-state index contributed by atoms with van der Waals surface area (Å²) in [6.07, 6.45) is 3.08. The molecular formula is C26H29N5O3. The number of nitrogens with two attached hydrogens (primary N) is 1. The molecule has 1 amide bonds. The second-order valence-electron chi connectivity index (χ2n) is 8.81. The lowest BCUT2D eigenvalue weighted by Gasteiger charge is -2.18. The van der Waals surface area contributed by atoms with E-state index < -0.39 is 0 Å². The molecule has 2 N–H and O–H groups in total. The van der Waals surface area contributed by atoms with Crippen LogP contribution in [0.25, 0.3) is 22.8 Å². The fraction of sp³-hybridized carbons (Fsp3) is 0.385. The molecule has 0 saturated carbocycles. The summed E-state index contributed by atoms with van der Waals surface area (Å²) in [6.45, 7) is 6.62. The summed E-state index contributed by atoms with van der Waals surface area (Å²) in [7, 11) is 0. The summed E-state index contributed by atoms with van der Waals surface area (Å²) in [5.41, 5.74) is 9.86. The first-order valence-electron chi connectivity index (χ1n) is 11.6.